The molecule has 35 heavy (non-hydrogen) atoms. The standard InChI is InChI=1S/C29H34O5S/c1-3-22(24-13-15-28(16-14-24)35(30,31)32)20-27(19-21(2)23-7-5-4-6-8-23)25-9-11-26(12-10-25)29-33-17-18-34-29/h4-16,21-22,27,29H,3,17-20H2,1-2H3,(H,30,31,32). The monoisotopic (exact) mass is 494 g/mol. The number of rotatable bonds is 10. The highest BCUT2D eigenvalue weighted by Gasteiger charge is 2.24. The van der Waals surface area contributed by atoms with Crippen LogP contribution >= 0.6 is 0 Å². The number of ether oxygens (including phenoxy) is 2. The van der Waals surface area contributed by atoms with Gasteiger partial charge in [-0.3, -0.25) is 4.55 Å². The fourth-order valence-electron chi connectivity index (χ4n) is 4.98. The van der Waals surface area contributed by atoms with Crippen LogP contribution in [0.1, 0.15) is 79.4 Å². The van der Waals surface area contributed by atoms with E-state index >= 15 is 0 Å². The van der Waals surface area contributed by atoms with Crippen molar-refractivity contribution in [3.8, 4) is 0 Å². The molecule has 0 spiro atoms. The van der Waals surface area contributed by atoms with Gasteiger partial charge in [-0.15, -0.1) is 0 Å². The van der Waals surface area contributed by atoms with E-state index in [1.54, 1.807) is 0 Å². The van der Waals surface area contributed by atoms with Crippen LogP contribution in [0.5, 0.6) is 0 Å². The quantitative estimate of drug-likeness (QED) is 0.312. The lowest BCUT2D eigenvalue weighted by Crippen LogP contribution is -2.10. The average Bonchev–Trinajstić information content (AvgIpc) is 3.42. The highest BCUT2D eigenvalue weighted by atomic mass is 32.2. The molecule has 0 bridgehead atoms. The molecule has 4 rings (SSSR count). The summed E-state index contributed by atoms with van der Waals surface area (Å²) in [5.41, 5.74) is 4.73. The fraction of sp³-hybridized carbons (Fsp3) is 0.379. The van der Waals surface area contributed by atoms with Gasteiger partial charge in [0.1, 0.15) is 0 Å². The van der Waals surface area contributed by atoms with Crippen molar-refractivity contribution in [3.63, 3.8) is 0 Å². The summed E-state index contributed by atoms with van der Waals surface area (Å²) < 4.78 is 43.6. The van der Waals surface area contributed by atoms with Crippen LogP contribution in [0, 0.1) is 0 Å². The Hall–Kier alpha value is -2.51. The van der Waals surface area contributed by atoms with Crippen LogP contribution in [0.2, 0.25) is 0 Å². The molecule has 1 aliphatic rings. The largest absolute Gasteiger partial charge is 0.346 e. The maximum atomic E-state index is 11.5. The van der Waals surface area contributed by atoms with Crippen molar-refractivity contribution in [1.82, 2.24) is 0 Å². The van der Waals surface area contributed by atoms with E-state index < -0.39 is 10.1 Å². The molecule has 186 valence electrons. The maximum absolute atomic E-state index is 11.5. The second-order valence-corrected chi connectivity index (χ2v) is 10.8. The summed E-state index contributed by atoms with van der Waals surface area (Å²) in [5, 5.41) is 0. The Labute approximate surface area is 208 Å². The van der Waals surface area contributed by atoms with E-state index in [2.05, 4.69) is 62.4 Å². The molecule has 3 atom stereocenters. The van der Waals surface area contributed by atoms with Crippen LogP contribution in [0.15, 0.2) is 83.8 Å². The topological polar surface area (TPSA) is 72.8 Å². The van der Waals surface area contributed by atoms with Crippen LogP contribution in [0.4, 0.5) is 0 Å². The number of benzene rings is 3. The molecule has 6 heteroatoms. The van der Waals surface area contributed by atoms with Gasteiger partial charge in [0, 0.05) is 5.56 Å². The van der Waals surface area contributed by atoms with Gasteiger partial charge in [0.2, 0.25) is 0 Å². The van der Waals surface area contributed by atoms with Crippen molar-refractivity contribution in [1.29, 1.82) is 0 Å². The molecule has 5 nitrogen and oxygen atoms in total. The van der Waals surface area contributed by atoms with E-state index in [0.29, 0.717) is 25.0 Å². The highest BCUT2D eigenvalue weighted by molar-refractivity contribution is 7.85. The summed E-state index contributed by atoms with van der Waals surface area (Å²) in [5.74, 6) is 0.970. The summed E-state index contributed by atoms with van der Waals surface area (Å²) in [6.07, 6.45) is 2.59. The molecule has 1 fully saturated rings. The molecule has 0 saturated carbocycles. The summed E-state index contributed by atoms with van der Waals surface area (Å²) >= 11 is 0. The Morgan fingerprint density at radius 1 is 0.800 bits per heavy atom. The van der Waals surface area contributed by atoms with Gasteiger partial charge in [-0.05, 0) is 65.8 Å². The zero-order valence-electron chi connectivity index (χ0n) is 20.3. The van der Waals surface area contributed by atoms with Gasteiger partial charge in [0.15, 0.2) is 6.29 Å². The van der Waals surface area contributed by atoms with E-state index in [9.17, 15) is 13.0 Å². The first kappa shape index (κ1) is 25.6. The van der Waals surface area contributed by atoms with E-state index in [1.165, 1.54) is 23.3 Å². The molecule has 3 aromatic rings. The summed E-state index contributed by atoms with van der Waals surface area (Å²) in [6, 6.07) is 25.8. The molecule has 0 radical (unpaired) electrons. The van der Waals surface area contributed by atoms with Crippen molar-refractivity contribution in [2.75, 3.05) is 13.2 Å². The third kappa shape index (κ3) is 6.58. The predicted molar refractivity (Wildman–Crippen MR) is 137 cm³/mol. The van der Waals surface area contributed by atoms with E-state index in [1.807, 2.05) is 18.2 Å². The second kappa shape index (κ2) is 11.5. The second-order valence-electron chi connectivity index (χ2n) is 9.37. The van der Waals surface area contributed by atoms with Crippen molar-refractivity contribution in [3.05, 3.63) is 101 Å². The van der Waals surface area contributed by atoms with Crippen LogP contribution < -0.4 is 0 Å². The lowest BCUT2D eigenvalue weighted by Gasteiger charge is -2.27. The zero-order chi connectivity index (χ0) is 24.8. The molecule has 0 amide bonds. The Bertz CT molecular complexity index is 1170. The predicted octanol–water partition coefficient (Wildman–Crippen LogP) is 6.84. The van der Waals surface area contributed by atoms with E-state index in [-0.39, 0.29) is 17.1 Å². The summed E-state index contributed by atoms with van der Waals surface area (Å²) in [6.45, 7) is 5.69. The fourth-order valence-corrected chi connectivity index (χ4v) is 5.46. The van der Waals surface area contributed by atoms with E-state index in [0.717, 1.165) is 30.4 Å². The van der Waals surface area contributed by atoms with Gasteiger partial charge in [-0.2, -0.15) is 8.42 Å². The third-order valence-electron chi connectivity index (χ3n) is 7.02. The van der Waals surface area contributed by atoms with Crippen molar-refractivity contribution in [2.45, 2.75) is 62.0 Å². The molecule has 3 unspecified atom stereocenters. The molecule has 1 aliphatic heterocycles. The SMILES string of the molecule is CCC(CC(CC(C)c1ccccc1)c1ccc(C2OCCO2)cc1)c1ccc(S(=O)(=O)O)cc1. The maximum Gasteiger partial charge on any atom is 0.294 e. The Morgan fingerprint density at radius 3 is 1.94 bits per heavy atom. The number of hydrogen-bond acceptors (Lipinski definition) is 4. The third-order valence-corrected chi connectivity index (χ3v) is 7.89. The first-order valence-electron chi connectivity index (χ1n) is 12.3. The van der Waals surface area contributed by atoms with Crippen LogP contribution in [0.25, 0.3) is 0 Å². The molecule has 1 saturated heterocycles. The van der Waals surface area contributed by atoms with Gasteiger partial charge in [-0.1, -0.05) is 80.6 Å². The lowest BCUT2D eigenvalue weighted by molar-refractivity contribution is -0.0441. The molecule has 1 N–H and O–H groups in total. The van der Waals surface area contributed by atoms with Gasteiger partial charge in [0.25, 0.3) is 10.1 Å². The van der Waals surface area contributed by atoms with Crippen LogP contribution in [0.3, 0.4) is 0 Å². The lowest BCUT2D eigenvalue weighted by atomic mass is 9.78. The summed E-state index contributed by atoms with van der Waals surface area (Å²) in [7, 11) is -4.20. The Kier molecular flexibility index (Phi) is 8.39. The van der Waals surface area contributed by atoms with Gasteiger partial charge in [-0.25, -0.2) is 0 Å². The minimum Gasteiger partial charge on any atom is -0.346 e. The molecule has 0 aromatic heterocycles. The minimum atomic E-state index is -4.20. The highest BCUT2D eigenvalue weighted by Crippen LogP contribution is 2.39. The normalized spacial score (nSPS) is 17.2. The van der Waals surface area contributed by atoms with Crippen molar-refractivity contribution >= 4 is 10.1 Å². The van der Waals surface area contributed by atoms with Crippen LogP contribution in [-0.2, 0) is 19.6 Å². The van der Waals surface area contributed by atoms with Gasteiger partial charge < -0.3 is 9.47 Å². The first-order valence-corrected chi connectivity index (χ1v) is 13.7. The zero-order valence-corrected chi connectivity index (χ0v) is 21.2. The smallest absolute Gasteiger partial charge is 0.294 e. The van der Waals surface area contributed by atoms with Crippen LogP contribution in [-0.4, -0.2) is 26.2 Å². The number of hydrogen-bond donors (Lipinski definition) is 1. The first-order chi connectivity index (χ1) is 16.8. The minimum absolute atomic E-state index is 0.0720. The van der Waals surface area contributed by atoms with Crippen molar-refractivity contribution in [2.24, 2.45) is 0 Å². The van der Waals surface area contributed by atoms with E-state index in [4.69, 9.17) is 9.47 Å². The molecule has 3 aromatic carbocycles. The molecular formula is C29H34O5S. The van der Waals surface area contributed by atoms with Crippen molar-refractivity contribution < 1.29 is 22.4 Å². The molecule has 1 heterocycles. The van der Waals surface area contributed by atoms with Gasteiger partial charge in [0.05, 0.1) is 18.1 Å². The Morgan fingerprint density at radius 2 is 1.37 bits per heavy atom. The summed E-state index contributed by atoms with van der Waals surface area (Å²) in [4.78, 5) is -0.0720. The molecule has 0 aliphatic carbocycles. The Balaban J connectivity index is 1.58. The molecular weight excluding hydrogens is 460 g/mol. The average molecular weight is 495 g/mol. The van der Waals surface area contributed by atoms with Gasteiger partial charge >= 0.3 is 0 Å².